The molecular weight excluding hydrogens is 421 g/mol. The van der Waals surface area contributed by atoms with Gasteiger partial charge in [-0.25, -0.2) is 4.39 Å². The summed E-state index contributed by atoms with van der Waals surface area (Å²) in [6.45, 7) is 0. The van der Waals surface area contributed by atoms with Crippen molar-refractivity contribution in [1.82, 2.24) is 14.8 Å². The predicted molar refractivity (Wildman–Crippen MR) is 126 cm³/mol. The number of fused-ring (bicyclic) bond motifs is 1. The first kappa shape index (κ1) is 20.2. The van der Waals surface area contributed by atoms with Crippen molar-refractivity contribution in [3.05, 3.63) is 108 Å². The van der Waals surface area contributed by atoms with E-state index in [4.69, 9.17) is 0 Å². The molecular formula is C26H18FN3OS. The van der Waals surface area contributed by atoms with Crippen molar-refractivity contribution in [2.24, 2.45) is 0 Å². The van der Waals surface area contributed by atoms with E-state index in [1.165, 1.54) is 17.8 Å². The van der Waals surface area contributed by atoms with Crippen molar-refractivity contribution in [3.63, 3.8) is 0 Å². The normalized spacial score (nSPS) is 11.0. The number of benzene rings is 4. The van der Waals surface area contributed by atoms with Crippen LogP contribution < -0.4 is 0 Å². The van der Waals surface area contributed by atoms with Crippen molar-refractivity contribution in [3.8, 4) is 17.1 Å². The van der Waals surface area contributed by atoms with E-state index >= 15 is 0 Å². The Kier molecular flexibility index (Phi) is 5.52. The highest BCUT2D eigenvalue weighted by atomic mass is 32.2. The van der Waals surface area contributed by atoms with Gasteiger partial charge in [0, 0.05) is 11.3 Å². The van der Waals surface area contributed by atoms with Gasteiger partial charge in [0.15, 0.2) is 16.8 Å². The molecule has 0 spiro atoms. The fourth-order valence-electron chi connectivity index (χ4n) is 3.57. The topological polar surface area (TPSA) is 47.8 Å². The van der Waals surface area contributed by atoms with E-state index in [1.807, 2.05) is 72.8 Å². The maximum Gasteiger partial charge on any atom is 0.196 e. The predicted octanol–water partition coefficient (Wildman–Crippen LogP) is 6.20. The van der Waals surface area contributed by atoms with Crippen molar-refractivity contribution >= 4 is 28.3 Å². The maximum atomic E-state index is 14.5. The van der Waals surface area contributed by atoms with Gasteiger partial charge in [-0.15, -0.1) is 10.2 Å². The van der Waals surface area contributed by atoms with Crippen LogP contribution in [0.5, 0.6) is 0 Å². The van der Waals surface area contributed by atoms with E-state index in [2.05, 4.69) is 10.2 Å². The first-order chi connectivity index (χ1) is 15.7. The molecule has 0 fully saturated rings. The lowest BCUT2D eigenvalue weighted by Crippen LogP contribution is -2.05. The number of aromatic nitrogens is 3. The van der Waals surface area contributed by atoms with Crippen LogP contribution in [0.25, 0.3) is 27.8 Å². The average Bonchev–Trinajstić information content (AvgIpc) is 3.26. The first-order valence-corrected chi connectivity index (χ1v) is 11.1. The minimum Gasteiger partial charge on any atom is -0.293 e. The first-order valence-electron chi connectivity index (χ1n) is 10.1. The molecule has 6 heteroatoms. The Morgan fingerprint density at radius 3 is 2.34 bits per heavy atom. The Balaban J connectivity index is 1.47. The third kappa shape index (κ3) is 3.92. The number of hydrogen-bond donors (Lipinski definition) is 0. The van der Waals surface area contributed by atoms with Crippen molar-refractivity contribution < 1.29 is 9.18 Å². The third-order valence-electron chi connectivity index (χ3n) is 5.17. The Morgan fingerprint density at radius 1 is 0.812 bits per heavy atom. The second-order valence-corrected chi connectivity index (χ2v) is 8.17. The molecule has 5 rings (SSSR count). The van der Waals surface area contributed by atoms with Crippen LogP contribution in [-0.4, -0.2) is 26.3 Å². The molecule has 0 saturated carbocycles. The summed E-state index contributed by atoms with van der Waals surface area (Å²) in [5, 5.41) is 11.2. The van der Waals surface area contributed by atoms with Gasteiger partial charge in [0.1, 0.15) is 5.82 Å². The lowest BCUT2D eigenvalue weighted by Gasteiger charge is -2.10. The third-order valence-corrected chi connectivity index (χ3v) is 6.10. The number of carbonyl (C=O) groups is 1. The Hall–Kier alpha value is -3.77. The monoisotopic (exact) mass is 439 g/mol. The van der Waals surface area contributed by atoms with Gasteiger partial charge in [-0.2, -0.15) is 0 Å². The largest absolute Gasteiger partial charge is 0.293 e. The second kappa shape index (κ2) is 8.77. The van der Waals surface area contributed by atoms with Crippen LogP contribution in [0.2, 0.25) is 0 Å². The molecule has 0 aliphatic rings. The van der Waals surface area contributed by atoms with Crippen molar-refractivity contribution in [2.75, 3.05) is 5.75 Å². The second-order valence-electron chi connectivity index (χ2n) is 7.23. The van der Waals surface area contributed by atoms with Gasteiger partial charge in [-0.3, -0.25) is 9.36 Å². The summed E-state index contributed by atoms with van der Waals surface area (Å²) in [4.78, 5) is 12.9. The lowest BCUT2D eigenvalue weighted by atomic mass is 10.1. The highest BCUT2D eigenvalue weighted by Gasteiger charge is 2.19. The van der Waals surface area contributed by atoms with Crippen molar-refractivity contribution in [2.45, 2.75) is 5.16 Å². The van der Waals surface area contributed by atoms with E-state index in [0.29, 0.717) is 22.1 Å². The fraction of sp³-hybridized carbons (Fsp3) is 0.0385. The Labute approximate surface area is 188 Å². The number of carbonyl (C=O) groups excluding carboxylic acids is 1. The fourth-order valence-corrected chi connectivity index (χ4v) is 4.41. The van der Waals surface area contributed by atoms with Gasteiger partial charge in [-0.05, 0) is 41.1 Å². The standard InChI is InChI=1S/C26H18FN3OS/c27-23-13-7-6-12-22(23)25-28-29-26(30(25)21-10-2-1-3-11-21)32-17-24(31)20-15-14-18-8-4-5-9-19(18)16-20/h1-16H,17H2. The molecule has 156 valence electrons. The van der Waals surface area contributed by atoms with Crippen LogP contribution in [0.1, 0.15) is 10.4 Å². The molecule has 0 aliphatic carbocycles. The van der Waals surface area contributed by atoms with Gasteiger partial charge in [0.05, 0.1) is 11.3 Å². The molecule has 5 aromatic rings. The number of Topliss-reactive ketones (excluding diaryl/α,β-unsaturated/α-hetero) is 1. The number of ketones is 1. The van der Waals surface area contributed by atoms with E-state index < -0.39 is 0 Å². The highest BCUT2D eigenvalue weighted by Crippen LogP contribution is 2.30. The number of nitrogens with zero attached hydrogens (tertiary/aromatic N) is 3. The summed E-state index contributed by atoms with van der Waals surface area (Å²) in [7, 11) is 0. The zero-order chi connectivity index (χ0) is 21.9. The molecule has 0 aliphatic heterocycles. The van der Waals surface area contributed by atoms with Crippen LogP contribution in [0.4, 0.5) is 4.39 Å². The molecule has 0 bridgehead atoms. The summed E-state index contributed by atoms with van der Waals surface area (Å²) in [6, 6.07) is 29.6. The average molecular weight is 440 g/mol. The molecule has 0 radical (unpaired) electrons. The molecule has 0 atom stereocenters. The molecule has 4 nitrogen and oxygen atoms in total. The summed E-state index contributed by atoms with van der Waals surface area (Å²) < 4.78 is 16.3. The molecule has 1 aromatic heterocycles. The van der Waals surface area contributed by atoms with E-state index in [0.717, 1.165) is 16.5 Å². The molecule has 0 amide bonds. The highest BCUT2D eigenvalue weighted by molar-refractivity contribution is 7.99. The van der Waals surface area contributed by atoms with Gasteiger partial charge in [0.25, 0.3) is 0 Å². The molecule has 0 saturated heterocycles. The molecule has 1 heterocycles. The van der Waals surface area contributed by atoms with Crippen LogP contribution in [0.15, 0.2) is 102 Å². The Bertz CT molecular complexity index is 1420. The summed E-state index contributed by atoms with van der Waals surface area (Å²) in [5.74, 6) is 0.215. The van der Waals surface area contributed by atoms with E-state index in [1.54, 1.807) is 22.8 Å². The smallest absolute Gasteiger partial charge is 0.196 e. The number of halogens is 1. The van der Waals surface area contributed by atoms with E-state index in [-0.39, 0.29) is 17.4 Å². The van der Waals surface area contributed by atoms with Crippen LogP contribution in [-0.2, 0) is 0 Å². The van der Waals surface area contributed by atoms with Gasteiger partial charge >= 0.3 is 0 Å². The van der Waals surface area contributed by atoms with Crippen LogP contribution >= 0.6 is 11.8 Å². The molecule has 0 N–H and O–H groups in total. The van der Waals surface area contributed by atoms with Gasteiger partial charge < -0.3 is 0 Å². The lowest BCUT2D eigenvalue weighted by molar-refractivity contribution is 0.102. The molecule has 4 aromatic carbocycles. The zero-order valence-corrected chi connectivity index (χ0v) is 17.8. The minimum atomic E-state index is -0.374. The van der Waals surface area contributed by atoms with Crippen LogP contribution in [0, 0.1) is 5.82 Å². The van der Waals surface area contributed by atoms with E-state index in [9.17, 15) is 9.18 Å². The van der Waals surface area contributed by atoms with Crippen molar-refractivity contribution in [1.29, 1.82) is 0 Å². The number of rotatable bonds is 6. The zero-order valence-electron chi connectivity index (χ0n) is 17.0. The van der Waals surface area contributed by atoms with Gasteiger partial charge in [-0.1, -0.05) is 78.5 Å². The summed E-state index contributed by atoms with van der Waals surface area (Å²) in [6.07, 6.45) is 0. The Morgan fingerprint density at radius 2 is 1.53 bits per heavy atom. The molecule has 0 unspecified atom stereocenters. The maximum absolute atomic E-state index is 14.5. The SMILES string of the molecule is O=C(CSc1nnc(-c2ccccc2F)n1-c1ccccc1)c1ccc2ccccc2c1. The summed E-state index contributed by atoms with van der Waals surface area (Å²) >= 11 is 1.29. The number of thioether (sulfide) groups is 1. The number of hydrogen-bond acceptors (Lipinski definition) is 4. The quantitative estimate of drug-likeness (QED) is 0.233. The molecule has 32 heavy (non-hydrogen) atoms. The van der Waals surface area contributed by atoms with Gasteiger partial charge in [0.2, 0.25) is 0 Å². The minimum absolute atomic E-state index is 0.00388. The van der Waals surface area contributed by atoms with Crippen LogP contribution in [0.3, 0.4) is 0 Å². The number of para-hydroxylation sites is 1. The summed E-state index contributed by atoms with van der Waals surface area (Å²) in [5.41, 5.74) is 1.81.